The van der Waals surface area contributed by atoms with Crippen molar-refractivity contribution < 1.29 is 22.7 Å². The molecule has 1 N–H and O–H groups in total. The Morgan fingerprint density at radius 3 is 1.82 bits per heavy atom. The molecule has 0 amide bonds. The minimum Gasteiger partial charge on any atom is -0.390 e. The minimum atomic E-state index is -4.29. The van der Waals surface area contributed by atoms with Crippen LogP contribution in [-0.2, 0) is 0 Å². The maximum atomic E-state index is 12.3. The summed E-state index contributed by atoms with van der Waals surface area (Å²) in [4.78, 5) is 0. The first-order chi connectivity index (χ1) is 4.87. The summed E-state index contributed by atoms with van der Waals surface area (Å²) in [5.74, 6) is -8.38. The summed E-state index contributed by atoms with van der Waals surface area (Å²) in [7, 11) is 0. The normalized spacial score (nSPS) is 13.6. The Bertz CT molecular complexity index is 124. The van der Waals surface area contributed by atoms with Crippen molar-refractivity contribution in [1.82, 2.24) is 0 Å². The molecule has 0 unspecified atom stereocenters. The molecular formula is C6H10F4O. The van der Waals surface area contributed by atoms with Gasteiger partial charge in [0.05, 0.1) is 0 Å². The summed E-state index contributed by atoms with van der Waals surface area (Å²) in [5.41, 5.74) is 0. The van der Waals surface area contributed by atoms with E-state index in [0.29, 0.717) is 0 Å². The molecule has 0 atom stereocenters. The van der Waals surface area contributed by atoms with E-state index in [1.54, 1.807) is 0 Å². The summed E-state index contributed by atoms with van der Waals surface area (Å²) in [6, 6.07) is 0. The van der Waals surface area contributed by atoms with Crippen LogP contribution in [0, 0.1) is 0 Å². The second-order valence-corrected chi connectivity index (χ2v) is 2.32. The highest BCUT2D eigenvalue weighted by atomic mass is 19.3. The fraction of sp³-hybridized carbons (Fsp3) is 1.00. The maximum Gasteiger partial charge on any atom is 0.332 e. The van der Waals surface area contributed by atoms with Gasteiger partial charge in [-0.25, -0.2) is 0 Å². The van der Waals surface area contributed by atoms with Gasteiger partial charge in [-0.05, 0) is 0 Å². The van der Waals surface area contributed by atoms with E-state index in [9.17, 15) is 17.6 Å². The summed E-state index contributed by atoms with van der Waals surface area (Å²) in [5, 5.41) is 7.93. The fourth-order valence-corrected chi connectivity index (χ4v) is 0.613. The molecule has 0 aromatic rings. The molecule has 0 aliphatic carbocycles. The van der Waals surface area contributed by atoms with Crippen molar-refractivity contribution in [3.8, 4) is 0 Å². The molecule has 0 saturated heterocycles. The lowest BCUT2D eigenvalue weighted by molar-refractivity contribution is -0.227. The van der Waals surface area contributed by atoms with Crippen LogP contribution in [0.3, 0.4) is 0 Å². The Labute approximate surface area is 62.0 Å². The Kier molecular flexibility index (Phi) is 3.29. The van der Waals surface area contributed by atoms with Gasteiger partial charge in [0.1, 0.15) is 6.61 Å². The molecule has 0 aliphatic heterocycles. The van der Waals surface area contributed by atoms with Crippen molar-refractivity contribution in [1.29, 1.82) is 0 Å². The zero-order chi connectivity index (χ0) is 9.12. The molecule has 0 heterocycles. The monoisotopic (exact) mass is 174 g/mol. The average Bonchev–Trinajstić information content (AvgIpc) is 1.87. The highest BCUT2D eigenvalue weighted by Gasteiger charge is 2.54. The predicted octanol–water partition coefficient (Wildman–Crippen LogP) is 2.05. The van der Waals surface area contributed by atoms with Gasteiger partial charge >= 0.3 is 11.8 Å². The molecule has 0 bridgehead atoms. The average molecular weight is 174 g/mol. The van der Waals surface area contributed by atoms with E-state index >= 15 is 0 Å². The number of rotatable bonds is 4. The Morgan fingerprint density at radius 1 is 1.09 bits per heavy atom. The van der Waals surface area contributed by atoms with E-state index in [2.05, 4.69) is 0 Å². The van der Waals surface area contributed by atoms with Gasteiger partial charge in [0.2, 0.25) is 0 Å². The van der Waals surface area contributed by atoms with Crippen molar-refractivity contribution in [3.63, 3.8) is 0 Å². The van der Waals surface area contributed by atoms with Gasteiger partial charge in [0, 0.05) is 6.42 Å². The van der Waals surface area contributed by atoms with Crippen LogP contribution in [0.4, 0.5) is 17.6 Å². The Balaban J connectivity index is 4.26. The molecule has 5 heteroatoms. The second kappa shape index (κ2) is 3.38. The molecule has 11 heavy (non-hydrogen) atoms. The van der Waals surface area contributed by atoms with Crippen molar-refractivity contribution in [2.24, 2.45) is 0 Å². The van der Waals surface area contributed by atoms with Gasteiger partial charge in [-0.2, -0.15) is 17.6 Å². The number of aliphatic hydroxyl groups excluding tert-OH is 1. The van der Waals surface area contributed by atoms with E-state index in [1.807, 2.05) is 0 Å². The van der Waals surface area contributed by atoms with E-state index in [4.69, 9.17) is 5.11 Å². The molecule has 1 nitrogen and oxygen atoms in total. The zero-order valence-electron chi connectivity index (χ0n) is 6.08. The van der Waals surface area contributed by atoms with Crippen LogP contribution in [0.2, 0.25) is 0 Å². The van der Waals surface area contributed by atoms with Crippen molar-refractivity contribution in [2.45, 2.75) is 31.6 Å². The van der Waals surface area contributed by atoms with E-state index in [-0.39, 0.29) is 6.42 Å². The van der Waals surface area contributed by atoms with Gasteiger partial charge in [0.15, 0.2) is 0 Å². The molecule has 0 rings (SSSR count). The van der Waals surface area contributed by atoms with Crippen molar-refractivity contribution in [3.05, 3.63) is 0 Å². The van der Waals surface area contributed by atoms with Crippen LogP contribution < -0.4 is 0 Å². The largest absolute Gasteiger partial charge is 0.390 e. The van der Waals surface area contributed by atoms with Crippen LogP contribution in [0.25, 0.3) is 0 Å². The molecule has 0 fully saturated rings. The maximum absolute atomic E-state index is 12.3. The first kappa shape index (κ1) is 10.7. The third kappa shape index (κ3) is 2.32. The molecule has 0 aliphatic rings. The molecule has 68 valence electrons. The van der Waals surface area contributed by atoms with Crippen LogP contribution in [0.1, 0.15) is 19.8 Å². The lowest BCUT2D eigenvalue weighted by atomic mass is 10.1. The molecule has 0 radical (unpaired) electrons. The summed E-state index contributed by atoms with van der Waals surface area (Å²) in [6.07, 6.45) is -0.941. The van der Waals surface area contributed by atoms with E-state index in [0.717, 1.165) is 0 Å². The topological polar surface area (TPSA) is 20.2 Å². The van der Waals surface area contributed by atoms with Gasteiger partial charge in [0.25, 0.3) is 0 Å². The summed E-state index contributed by atoms with van der Waals surface area (Å²) >= 11 is 0. The smallest absolute Gasteiger partial charge is 0.332 e. The fourth-order valence-electron chi connectivity index (χ4n) is 0.613. The molecule has 0 aromatic carbocycles. The van der Waals surface area contributed by atoms with Crippen LogP contribution in [0.5, 0.6) is 0 Å². The Morgan fingerprint density at radius 2 is 1.55 bits per heavy atom. The van der Waals surface area contributed by atoms with Gasteiger partial charge in [-0.3, -0.25) is 0 Å². The number of hydrogen-bond acceptors (Lipinski definition) is 1. The highest BCUT2D eigenvalue weighted by Crippen LogP contribution is 2.37. The van der Waals surface area contributed by atoms with Crippen LogP contribution >= 0.6 is 0 Å². The molecular weight excluding hydrogens is 164 g/mol. The highest BCUT2D eigenvalue weighted by molar-refractivity contribution is 4.83. The van der Waals surface area contributed by atoms with Crippen LogP contribution in [-0.4, -0.2) is 23.6 Å². The van der Waals surface area contributed by atoms with Crippen LogP contribution in [0.15, 0.2) is 0 Å². The minimum absolute atomic E-state index is 0.0391. The molecule has 0 saturated carbocycles. The lowest BCUT2D eigenvalue weighted by Crippen LogP contribution is -2.43. The van der Waals surface area contributed by atoms with Gasteiger partial charge in [-0.1, -0.05) is 13.3 Å². The SMILES string of the molecule is CCCC(F)(F)C(F)(F)CO. The number of alkyl halides is 4. The number of halogens is 4. The number of aliphatic hydroxyl groups is 1. The van der Waals surface area contributed by atoms with Crippen molar-refractivity contribution >= 4 is 0 Å². The third-order valence-corrected chi connectivity index (χ3v) is 1.30. The summed E-state index contributed by atoms with van der Waals surface area (Å²) in [6.45, 7) is -0.429. The predicted molar refractivity (Wildman–Crippen MR) is 31.9 cm³/mol. The van der Waals surface area contributed by atoms with Gasteiger partial charge in [-0.15, -0.1) is 0 Å². The first-order valence-electron chi connectivity index (χ1n) is 3.24. The molecule has 0 aromatic heterocycles. The van der Waals surface area contributed by atoms with Gasteiger partial charge < -0.3 is 5.11 Å². The van der Waals surface area contributed by atoms with Crippen molar-refractivity contribution in [2.75, 3.05) is 6.61 Å². The third-order valence-electron chi connectivity index (χ3n) is 1.30. The zero-order valence-corrected chi connectivity index (χ0v) is 6.08. The van der Waals surface area contributed by atoms with E-state index in [1.165, 1.54) is 6.92 Å². The standard InChI is InChI=1S/C6H10F4O/c1-2-3-5(7,8)6(9,10)4-11/h11H,2-4H2,1H3. The number of hydrogen-bond donors (Lipinski definition) is 1. The quantitative estimate of drug-likeness (QED) is 0.646. The molecule has 0 spiro atoms. The second-order valence-electron chi connectivity index (χ2n) is 2.32. The summed E-state index contributed by atoms with van der Waals surface area (Å²) < 4.78 is 48.8. The Hall–Kier alpha value is -0.320. The van der Waals surface area contributed by atoms with E-state index < -0.39 is 24.9 Å². The first-order valence-corrected chi connectivity index (χ1v) is 3.24. The lowest BCUT2D eigenvalue weighted by Gasteiger charge is -2.23.